The van der Waals surface area contributed by atoms with Gasteiger partial charge < -0.3 is 20.5 Å². The third-order valence-corrected chi connectivity index (χ3v) is 4.25. The summed E-state index contributed by atoms with van der Waals surface area (Å²) in [6, 6.07) is 3.55. The van der Waals surface area contributed by atoms with Gasteiger partial charge in [0.2, 0.25) is 0 Å². The van der Waals surface area contributed by atoms with Crippen LogP contribution in [-0.2, 0) is 21.5 Å². The van der Waals surface area contributed by atoms with Crippen LogP contribution in [0.5, 0.6) is 0 Å². The number of carbonyl (C=O) groups is 2. The normalized spacial score (nSPS) is 23.6. The number of rotatable bonds is 4. The Morgan fingerprint density at radius 1 is 1.48 bits per heavy atom. The Labute approximate surface area is 148 Å². The highest BCUT2D eigenvalue weighted by Gasteiger charge is 2.48. The van der Waals surface area contributed by atoms with Crippen molar-refractivity contribution in [2.45, 2.75) is 45.3 Å². The van der Waals surface area contributed by atoms with Crippen molar-refractivity contribution in [3.05, 3.63) is 29.6 Å². The quantitative estimate of drug-likeness (QED) is 0.847. The molecular weight excluding hydrogens is 322 g/mol. The lowest BCUT2D eigenvalue weighted by molar-refractivity contribution is -0.116. The van der Waals surface area contributed by atoms with Gasteiger partial charge in [-0.25, -0.2) is 4.79 Å². The number of amides is 1. The van der Waals surface area contributed by atoms with Crippen LogP contribution in [0.3, 0.4) is 0 Å². The van der Waals surface area contributed by atoms with Crippen molar-refractivity contribution in [2.75, 3.05) is 19.7 Å². The average molecular weight is 349 g/mol. The molecule has 25 heavy (non-hydrogen) atoms. The molecule has 0 aromatic carbocycles. The van der Waals surface area contributed by atoms with Crippen LogP contribution in [0.1, 0.15) is 39.0 Å². The molecule has 0 radical (unpaired) electrons. The minimum Gasteiger partial charge on any atom is -0.444 e. The maximum atomic E-state index is 12.4. The number of nitrogens with zero attached hydrogens (tertiary/aromatic N) is 2. The molecule has 1 fully saturated rings. The lowest BCUT2D eigenvalue weighted by Crippen LogP contribution is -2.47. The van der Waals surface area contributed by atoms with Crippen molar-refractivity contribution in [3.63, 3.8) is 0 Å². The molecule has 1 aromatic rings. The van der Waals surface area contributed by atoms with E-state index in [9.17, 15) is 14.7 Å². The molecule has 3 N–H and O–H groups in total. The van der Waals surface area contributed by atoms with E-state index in [1.54, 1.807) is 39.1 Å². The van der Waals surface area contributed by atoms with Crippen LogP contribution in [0.15, 0.2) is 18.3 Å². The van der Waals surface area contributed by atoms with Crippen LogP contribution in [0, 0.1) is 5.92 Å². The number of pyridine rings is 1. The summed E-state index contributed by atoms with van der Waals surface area (Å²) in [7, 11) is 0. The van der Waals surface area contributed by atoms with Crippen molar-refractivity contribution in [2.24, 2.45) is 11.7 Å². The SMILES string of the molecule is CC(=O)Cc1ccnc(C2(N)CN(C(=O)OC(C)(C)C)CC2CO)c1. The molecule has 1 amide bonds. The summed E-state index contributed by atoms with van der Waals surface area (Å²) in [6.45, 7) is 7.24. The average Bonchev–Trinajstić information content (AvgIpc) is 2.84. The number of likely N-dealkylation sites (tertiary alicyclic amines) is 1. The highest BCUT2D eigenvalue weighted by molar-refractivity contribution is 5.78. The van der Waals surface area contributed by atoms with Gasteiger partial charge in [-0.3, -0.25) is 9.78 Å². The number of hydrogen-bond acceptors (Lipinski definition) is 6. The summed E-state index contributed by atoms with van der Waals surface area (Å²) in [5, 5.41) is 9.77. The molecule has 138 valence electrons. The Kier molecular flexibility index (Phi) is 5.49. The van der Waals surface area contributed by atoms with E-state index in [0.717, 1.165) is 5.56 Å². The maximum absolute atomic E-state index is 12.4. The topological polar surface area (TPSA) is 106 Å². The first kappa shape index (κ1) is 19.3. The van der Waals surface area contributed by atoms with Gasteiger partial charge in [-0.2, -0.15) is 0 Å². The zero-order valence-electron chi connectivity index (χ0n) is 15.3. The number of aliphatic hydroxyl groups excluding tert-OH is 1. The fraction of sp³-hybridized carbons (Fsp3) is 0.611. The van der Waals surface area contributed by atoms with Crippen LogP contribution in [0.25, 0.3) is 0 Å². The van der Waals surface area contributed by atoms with Gasteiger partial charge in [-0.05, 0) is 45.4 Å². The minimum atomic E-state index is -0.988. The Morgan fingerprint density at radius 3 is 2.72 bits per heavy atom. The molecule has 1 aromatic heterocycles. The second-order valence-electron chi connectivity index (χ2n) is 7.71. The molecule has 2 atom stereocenters. The van der Waals surface area contributed by atoms with Crippen molar-refractivity contribution >= 4 is 11.9 Å². The van der Waals surface area contributed by atoms with E-state index in [4.69, 9.17) is 10.5 Å². The standard InChI is InChI=1S/C18H27N3O4/c1-12(23)7-13-5-6-20-15(8-13)18(19)11-21(9-14(18)10-22)16(24)25-17(2,3)4/h5-6,8,14,22H,7,9-11,19H2,1-4H3. The largest absolute Gasteiger partial charge is 0.444 e. The molecule has 1 saturated heterocycles. The fourth-order valence-electron chi connectivity index (χ4n) is 3.04. The number of ketones is 1. The zero-order chi connectivity index (χ0) is 18.8. The third-order valence-electron chi connectivity index (χ3n) is 4.25. The molecule has 0 bridgehead atoms. The minimum absolute atomic E-state index is 0.0451. The summed E-state index contributed by atoms with van der Waals surface area (Å²) in [4.78, 5) is 29.6. The molecule has 1 aliphatic rings. The Morgan fingerprint density at radius 2 is 2.16 bits per heavy atom. The van der Waals surface area contributed by atoms with Gasteiger partial charge in [0.1, 0.15) is 11.4 Å². The molecule has 7 heteroatoms. The van der Waals surface area contributed by atoms with Gasteiger partial charge in [0.15, 0.2) is 0 Å². The van der Waals surface area contributed by atoms with Crippen molar-refractivity contribution in [3.8, 4) is 0 Å². The summed E-state index contributed by atoms with van der Waals surface area (Å²) >= 11 is 0. The second kappa shape index (κ2) is 7.09. The number of carbonyl (C=O) groups excluding carboxylic acids is 2. The number of nitrogens with two attached hydrogens (primary N) is 1. The van der Waals surface area contributed by atoms with Crippen molar-refractivity contribution in [1.82, 2.24) is 9.88 Å². The van der Waals surface area contributed by atoms with Gasteiger partial charge in [0.05, 0.1) is 11.2 Å². The lowest BCUT2D eigenvalue weighted by atomic mass is 9.84. The molecule has 2 unspecified atom stereocenters. The Balaban J connectivity index is 2.26. The van der Waals surface area contributed by atoms with Crippen molar-refractivity contribution < 1.29 is 19.4 Å². The number of hydrogen-bond donors (Lipinski definition) is 2. The van der Waals surface area contributed by atoms with Crippen LogP contribution < -0.4 is 5.73 Å². The zero-order valence-corrected chi connectivity index (χ0v) is 15.3. The number of ether oxygens (including phenoxy) is 1. The third kappa shape index (κ3) is 4.55. The van der Waals surface area contributed by atoms with E-state index in [0.29, 0.717) is 18.7 Å². The monoisotopic (exact) mass is 349 g/mol. The summed E-state index contributed by atoms with van der Waals surface area (Å²) < 4.78 is 5.40. The van der Waals surface area contributed by atoms with Crippen LogP contribution in [-0.4, -0.2) is 52.2 Å². The molecule has 0 spiro atoms. The van der Waals surface area contributed by atoms with Gasteiger partial charge in [0.25, 0.3) is 0 Å². The lowest BCUT2D eigenvalue weighted by Gasteiger charge is -2.29. The van der Waals surface area contributed by atoms with E-state index in [-0.39, 0.29) is 24.9 Å². The molecule has 0 aliphatic carbocycles. The maximum Gasteiger partial charge on any atom is 0.410 e. The van der Waals surface area contributed by atoms with Crippen LogP contribution in [0.2, 0.25) is 0 Å². The second-order valence-corrected chi connectivity index (χ2v) is 7.71. The molecule has 2 heterocycles. The van der Waals surface area contributed by atoms with Gasteiger partial charge in [0, 0.05) is 38.2 Å². The molecule has 0 saturated carbocycles. The van der Waals surface area contributed by atoms with E-state index >= 15 is 0 Å². The summed E-state index contributed by atoms with van der Waals surface area (Å²) in [5.41, 5.74) is 6.36. The van der Waals surface area contributed by atoms with E-state index < -0.39 is 17.2 Å². The number of aromatic nitrogens is 1. The first-order valence-electron chi connectivity index (χ1n) is 8.37. The predicted octanol–water partition coefficient (Wildman–Crippen LogP) is 1.23. The van der Waals surface area contributed by atoms with Gasteiger partial charge in [-0.15, -0.1) is 0 Å². The molecule has 2 rings (SSSR count). The molecule has 1 aliphatic heterocycles. The van der Waals surface area contributed by atoms with Gasteiger partial charge >= 0.3 is 6.09 Å². The molecular formula is C18H27N3O4. The van der Waals surface area contributed by atoms with E-state index in [1.807, 2.05) is 0 Å². The fourth-order valence-corrected chi connectivity index (χ4v) is 3.04. The Bertz CT molecular complexity index is 656. The van der Waals surface area contributed by atoms with Gasteiger partial charge in [-0.1, -0.05) is 0 Å². The first-order valence-corrected chi connectivity index (χ1v) is 8.37. The summed E-state index contributed by atoms with van der Waals surface area (Å²) in [6.07, 6.45) is 1.44. The Hall–Kier alpha value is -1.99. The molecule has 7 nitrogen and oxygen atoms in total. The highest BCUT2D eigenvalue weighted by Crippen LogP contribution is 2.34. The highest BCUT2D eigenvalue weighted by atomic mass is 16.6. The number of aliphatic hydroxyl groups is 1. The summed E-state index contributed by atoms with van der Waals surface area (Å²) in [5.74, 6) is -0.316. The number of Topliss-reactive ketones (excluding diaryl/α,β-unsaturated/α-hetero) is 1. The van der Waals surface area contributed by atoms with E-state index in [1.165, 1.54) is 11.8 Å². The van der Waals surface area contributed by atoms with E-state index in [2.05, 4.69) is 4.98 Å². The van der Waals surface area contributed by atoms with Crippen LogP contribution in [0.4, 0.5) is 4.79 Å². The van der Waals surface area contributed by atoms with Crippen molar-refractivity contribution in [1.29, 1.82) is 0 Å². The predicted molar refractivity (Wildman–Crippen MR) is 92.9 cm³/mol. The van der Waals surface area contributed by atoms with Crippen LogP contribution >= 0.6 is 0 Å². The smallest absolute Gasteiger partial charge is 0.410 e. The first-order chi connectivity index (χ1) is 11.5.